The normalized spacial score (nSPS) is 32.6. The number of benzene rings is 1. The summed E-state index contributed by atoms with van der Waals surface area (Å²) in [6.45, 7) is 8.16. The summed E-state index contributed by atoms with van der Waals surface area (Å²) in [6.07, 6.45) is 2.10. The van der Waals surface area contributed by atoms with Gasteiger partial charge < -0.3 is 20.6 Å². The summed E-state index contributed by atoms with van der Waals surface area (Å²) in [6, 6.07) is 4.11. The summed E-state index contributed by atoms with van der Waals surface area (Å²) in [4.78, 5) is 42.7. The predicted molar refractivity (Wildman–Crippen MR) is 135 cm³/mol. The second kappa shape index (κ2) is 9.70. The van der Waals surface area contributed by atoms with Gasteiger partial charge in [-0.1, -0.05) is 44.5 Å². The number of aliphatic hydroxyl groups excluding tert-OH is 1. The molecule has 9 heteroatoms. The maximum Gasteiger partial charge on any atom is 0.248 e. The molecule has 0 radical (unpaired) electrons. The molecule has 0 saturated carbocycles. The molecule has 3 saturated heterocycles. The average molecular weight is 508 g/mol. The molecule has 7 atom stereocenters. The minimum Gasteiger partial charge on any atom is -0.394 e. The first-order chi connectivity index (χ1) is 16.2. The zero-order chi connectivity index (χ0) is 24.8. The molecule has 1 spiro atoms. The smallest absolute Gasteiger partial charge is 0.248 e. The quantitative estimate of drug-likeness (QED) is 0.502. The summed E-state index contributed by atoms with van der Waals surface area (Å²) in [5, 5.41) is 16.5. The lowest BCUT2D eigenvalue weighted by Gasteiger charge is -2.40. The van der Waals surface area contributed by atoms with Crippen molar-refractivity contribution in [2.45, 2.75) is 69.0 Å². The van der Waals surface area contributed by atoms with Crippen LogP contribution in [0.4, 0.5) is 5.69 Å². The molecule has 7 nitrogen and oxygen atoms in total. The van der Waals surface area contributed by atoms with Crippen molar-refractivity contribution in [1.82, 2.24) is 10.2 Å². The first-order valence-corrected chi connectivity index (χ1v) is 13.4. The number of anilines is 1. The Morgan fingerprint density at radius 1 is 1.32 bits per heavy atom. The number of likely N-dealkylation sites (tertiary alicyclic amines) is 1. The number of fused-ring (bicyclic) bond motifs is 1. The van der Waals surface area contributed by atoms with Crippen molar-refractivity contribution in [3.63, 3.8) is 0 Å². The lowest BCUT2D eigenvalue weighted by Crippen LogP contribution is -2.57. The highest BCUT2D eigenvalue weighted by atomic mass is 35.5. The van der Waals surface area contributed by atoms with Gasteiger partial charge in [-0.3, -0.25) is 14.4 Å². The highest BCUT2D eigenvalue weighted by molar-refractivity contribution is 8.02. The van der Waals surface area contributed by atoms with Crippen LogP contribution in [0.2, 0.25) is 5.02 Å². The van der Waals surface area contributed by atoms with Crippen LogP contribution in [0.5, 0.6) is 0 Å². The molecule has 3 N–H and O–H groups in total. The second-order valence-electron chi connectivity index (χ2n) is 9.75. The third-order valence-corrected chi connectivity index (χ3v) is 10.2. The number of aliphatic hydroxyl groups is 1. The maximum absolute atomic E-state index is 14.0. The third kappa shape index (κ3) is 3.73. The largest absolute Gasteiger partial charge is 0.394 e. The number of rotatable bonds is 8. The summed E-state index contributed by atoms with van der Waals surface area (Å²) in [7, 11) is 0. The maximum atomic E-state index is 14.0. The fourth-order valence-electron chi connectivity index (χ4n) is 6.21. The molecular formula is C25H34ClN3O4S. The van der Waals surface area contributed by atoms with Gasteiger partial charge in [-0.15, -0.1) is 11.8 Å². The minimum absolute atomic E-state index is 0.00508. The molecule has 1 aromatic carbocycles. The number of carbonyl (C=O) groups is 3. The number of aryl methyl sites for hydroxylation is 1. The lowest BCUT2D eigenvalue weighted by atomic mass is 9.66. The summed E-state index contributed by atoms with van der Waals surface area (Å²) >= 11 is 8.03. The molecule has 1 aromatic rings. The van der Waals surface area contributed by atoms with Crippen LogP contribution in [0.15, 0.2) is 18.2 Å². The number of thioether (sulfide) groups is 1. The molecular weight excluding hydrogens is 474 g/mol. The molecule has 4 rings (SSSR count). The molecule has 3 aliphatic heterocycles. The van der Waals surface area contributed by atoms with Gasteiger partial charge in [-0.05, 0) is 43.7 Å². The first-order valence-electron chi connectivity index (χ1n) is 12.2. The van der Waals surface area contributed by atoms with E-state index in [-0.39, 0.29) is 35.5 Å². The van der Waals surface area contributed by atoms with E-state index in [0.29, 0.717) is 23.7 Å². The van der Waals surface area contributed by atoms with Gasteiger partial charge in [0.2, 0.25) is 17.7 Å². The minimum atomic E-state index is -0.799. The van der Waals surface area contributed by atoms with Crippen molar-refractivity contribution < 1.29 is 19.5 Å². The molecule has 3 fully saturated rings. The van der Waals surface area contributed by atoms with E-state index in [2.05, 4.69) is 17.6 Å². The Kier molecular flexibility index (Phi) is 7.23. The topological polar surface area (TPSA) is 98.7 Å². The number of para-hydroxylation sites is 1. The summed E-state index contributed by atoms with van der Waals surface area (Å²) < 4.78 is -0.724. The van der Waals surface area contributed by atoms with Crippen LogP contribution < -0.4 is 10.6 Å². The molecule has 0 aromatic heterocycles. The third-order valence-electron chi connectivity index (χ3n) is 7.83. The molecule has 3 amide bonds. The van der Waals surface area contributed by atoms with Gasteiger partial charge in [0.05, 0.1) is 39.9 Å². The summed E-state index contributed by atoms with van der Waals surface area (Å²) in [5.74, 6) is -1.61. The van der Waals surface area contributed by atoms with Gasteiger partial charge in [-0.2, -0.15) is 0 Å². The van der Waals surface area contributed by atoms with E-state index in [4.69, 9.17) is 11.6 Å². The molecule has 3 unspecified atom stereocenters. The van der Waals surface area contributed by atoms with E-state index < -0.39 is 28.7 Å². The number of nitrogens with one attached hydrogen (secondary N) is 2. The average Bonchev–Trinajstić information content (AvgIpc) is 3.40. The number of hydrogen-bond acceptors (Lipinski definition) is 5. The fourth-order valence-corrected chi connectivity index (χ4v) is 8.89. The van der Waals surface area contributed by atoms with Gasteiger partial charge in [-0.25, -0.2) is 0 Å². The number of carbonyl (C=O) groups excluding carboxylic acids is 3. The van der Waals surface area contributed by atoms with Crippen LogP contribution in [0.1, 0.15) is 45.6 Å². The van der Waals surface area contributed by atoms with Crippen LogP contribution >= 0.6 is 23.4 Å². The van der Waals surface area contributed by atoms with Crippen LogP contribution in [-0.4, -0.2) is 63.0 Å². The Hall–Kier alpha value is -1.77. The lowest BCUT2D eigenvalue weighted by molar-refractivity contribution is -0.142. The van der Waals surface area contributed by atoms with Crippen molar-refractivity contribution in [1.29, 1.82) is 0 Å². The summed E-state index contributed by atoms with van der Waals surface area (Å²) in [5.41, 5.74) is 1.36. The molecule has 3 heterocycles. The number of hydrogen-bond donors (Lipinski definition) is 3. The molecule has 0 aliphatic carbocycles. The van der Waals surface area contributed by atoms with Gasteiger partial charge >= 0.3 is 0 Å². The highest BCUT2D eigenvalue weighted by Gasteiger charge is 2.76. The first kappa shape index (κ1) is 25.3. The van der Waals surface area contributed by atoms with E-state index in [1.807, 2.05) is 32.9 Å². The van der Waals surface area contributed by atoms with Crippen LogP contribution in [0, 0.1) is 24.7 Å². The standard InChI is InChI=1S/C25H34ClN3O4S/c1-5-10-27-22(31)18-17-11-14(4)25(34-17)19(18)24(33)29(15(6-2)12-30)21(25)23(32)28-20-13(3)8-7-9-16(20)26/h7-9,14-15,17-19,21,30H,5-6,10-12H2,1-4H3,(H,27,31)(H,28,32)/t14?,15-,17+,18-,19-,21?,25?/m0/s1. The molecule has 2 bridgehead atoms. The fraction of sp³-hybridized carbons (Fsp3) is 0.640. The van der Waals surface area contributed by atoms with Crippen LogP contribution in [0.3, 0.4) is 0 Å². The Morgan fingerprint density at radius 2 is 2.06 bits per heavy atom. The highest BCUT2D eigenvalue weighted by Crippen LogP contribution is 2.68. The SMILES string of the molecule is CCCNC(=O)[C@@H]1[C@H]2C(=O)N([C@@H](CC)CO)C(C(=O)Nc3c(C)cccc3Cl)C23S[C@@H]1CC3C. The van der Waals surface area contributed by atoms with Crippen molar-refractivity contribution in [2.75, 3.05) is 18.5 Å². The monoisotopic (exact) mass is 507 g/mol. The van der Waals surface area contributed by atoms with Crippen LogP contribution in [0.25, 0.3) is 0 Å². The molecule has 186 valence electrons. The number of nitrogens with zero attached hydrogens (tertiary/aromatic N) is 1. The Labute approximate surface area is 210 Å². The van der Waals surface area contributed by atoms with E-state index >= 15 is 0 Å². The Morgan fingerprint density at radius 3 is 2.68 bits per heavy atom. The Balaban J connectivity index is 1.78. The van der Waals surface area contributed by atoms with E-state index in [1.54, 1.807) is 22.7 Å². The predicted octanol–water partition coefficient (Wildman–Crippen LogP) is 3.22. The number of halogens is 1. The van der Waals surface area contributed by atoms with Crippen molar-refractivity contribution >= 4 is 46.8 Å². The Bertz CT molecular complexity index is 967. The van der Waals surface area contributed by atoms with Gasteiger partial charge in [0.1, 0.15) is 6.04 Å². The molecule has 3 aliphatic rings. The van der Waals surface area contributed by atoms with Crippen molar-refractivity contribution in [3.05, 3.63) is 28.8 Å². The molecule has 34 heavy (non-hydrogen) atoms. The van der Waals surface area contributed by atoms with Crippen molar-refractivity contribution in [3.8, 4) is 0 Å². The van der Waals surface area contributed by atoms with Crippen LogP contribution in [-0.2, 0) is 14.4 Å². The number of amides is 3. The van der Waals surface area contributed by atoms with E-state index in [1.165, 1.54) is 0 Å². The zero-order valence-electron chi connectivity index (χ0n) is 20.1. The van der Waals surface area contributed by atoms with E-state index in [9.17, 15) is 19.5 Å². The zero-order valence-corrected chi connectivity index (χ0v) is 21.7. The van der Waals surface area contributed by atoms with Gasteiger partial charge in [0.15, 0.2) is 0 Å². The van der Waals surface area contributed by atoms with E-state index in [0.717, 1.165) is 18.4 Å². The van der Waals surface area contributed by atoms with Gasteiger partial charge in [0, 0.05) is 11.8 Å². The van der Waals surface area contributed by atoms with Crippen molar-refractivity contribution in [2.24, 2.45) is 17.8 Å². The second-order valence-corrected chi connectivity index (χ2v) is 11.7. The van der Waals surface area contributed by atoms with Gasteiger partial charge in [0.25, 0.3) is 0 Å².